The molecule has 1 aromatic rings. The molecule has 1 N–H and O–H groups in total. The van der Waals surface area contributed by atoms with E-state index < -0.39 is 24.3 Å². The second kappa shape index (κ2) is 14.4. The largest absolute Gasteiger partial charge is 0.456 e. The minimum atomic E-state index is -0.880. The van der Waals surface area contributed by atoms with Gasteiger partial charge in [-0.3, -0.25) is 0 Å². The fraction of sp³-hybridized carbons (Fsp3) is 0.640. The lowest BCUT2D eigenvalue weighted by molar-refractivity contribution is -0.159. The number of aliphatic hydroxyl groups is 1. The lowest BCUT2D eigenvalue weighted by atomic mass is 9.97. The molecule has 4 nitrogen and oxygen atoms in total. The Kier molecular flexibility index (Phi) is 11.7. The Labute approximate surface area is 176 Å². The standard InChI is InChI=1S/C25H38O4/c1-2-3-4-5-6-7-8-9-10-14-20-28-25(21-16-12-11-13-17-21)24(27)22-18-15-19-23(26)29-22/h11-13,15-17,19,22,24-25,27H,2-10,14,18,20H2,1H3/t22-,24+,25-/m1/s1. The van der Waals surface area contributed by atoms with E-state index in [1.54, 1.807) is 6.08 Å². The molecule has 0 saturated carbocycles. The summed E-state index contributed by atoms with van der Waals surface area (Å²) in [5, 5.41) is 10.8. The normalized spacial score (nSPS) is 18.4. The molecule has 0 fully saturated rings. The van der Waals surface area contributed by atoms with Gasteiger partial charge in [0, 0.05) is 19.1 Å². The molecule has 0 spiro atoms. The first kappa shape index (κ1) is 23.6. The smallest absolute Gasteiger partial charge is 0.330 e. The van der Waals surface area contributed by atoms with Gasteiger partial charge in [0.2, 0.25) is 0 Å². The third-order valence-electron chi connectivity index (χ3n) is 5.50. The number of hydrogen-bond donors (Lipinski definition) is 1. The molecule has 0 amide bonds. The fourth-order valence-electron chi connectivity index (χ4n) is 3.77. The molecule has 1 aromatic carbocycles. The van der Waals surface area contributed by atoms with Gasteiger partial charge in [0.1, 0.15) is 18.3 Å². The van der Waals surface area contributed by atoms with Gasteiger partial charge in [0.25, 0.3) is 0 Å². The zero-order chi connectivity index (χ0) is 20.7. The van der Waals surface area contributed by atoms with Crippen LogP contribution in [-0.4, -0.2) is 29.9 Å². The minimum absolute atomic E-state index is 0.401. The predicted octanol–water partition coefficient (Wildman–Crippen LogP) is 5.90. The number of esters is 1. The molecule has 0 saturated heterocycles. The highest BCUT2D eigenvalue weighted by Crippen LogP contribution is 2.27. The molecule has 0 radical (unpaired) electrons. The zero-order valence-corrected chi connectivity index (χ0v) is 17.9. The number of benzene rings is 1. The van der Waals surface area contributed by atoms with Gasteiger partial charge < -0.3 is 14.6 Å². The predicted molar refractivity (Wildman–Crippen MR) is 117 cm³/mol. The maximum atomic E-state index is 11.5. The van der Waals surface area contributed by atoms with Crippen LogP contribution in [0.2, 0.25) is 0 Å². The number of aliphatic hydroxyl groups excluding tert-OH is 1. The van der Waals surface area contributed by atoms with Crippen LogP contribution in [0.4, 0.5) is 0 Å². The van der Waals surface area contributed by atoms with E-state index in [1.807, 2.05) is 30.3 Å². The molecule has 4 heteroatoms. The molecule has 1 aliphatic rings. The van der Waals surface area contributed by atoms with Crippen LogP contribution in [0.3, 0.4) is 0 Å². The van der Waals surface area contributed by atoms with E-state index in [-0.39, 0.29) is 0 Å². The van der Waals surface area contributed by atoms with Crippen molar-refractivity contribution >= 4 is 5.97 Å². The fourth-order valence-corrected chi connectivity index (χ4v) is 3.77. The molecule has 0 aliphatic carbocycles. The lowest BCUT2D eigenvalue weighted by Crippen LogP contribution is -2.38. The average Bonchev–Trinajstić information content (AvgIpc) is 2.75. The molecule has 29 heavy (non-hydrogen) atoms. The summed E-state index contributed by atoms with van der Waals surface area (Å²) in [6, 6.07) is 9.72. The van der Waals surface area contributed by atoms with Gasteiger partial charge in [0.05, 0.1) is 0 Å². The number of hydrogen-bond acceptors (Lipinski definition) is 4. The van der Waals surface area contributed by atoms with Crippen molar-refractivity contribution in [2.45, 2.75) is 95.9 Å². The van der Waals surface area contributed by atoms with Crippen LogP contribution in [0.15, 0.2) is 42.5 Å². The molecular formula is C25H38O4. The van der Waals surface area contributed by atoms with Crippen LogP contribution < -0.4 is 0 Å². The van der Waals surface area contributed by atoms with Crippen LogP contribution >= 0.6 is 0 Å². The number of rotatable bonds is 15. The van der Waals surface area contributed by atoms with E-state index in [0.717, 1.165) is 18.4 Å². The van der Waals surface area contributed by atoms with Crippen LogP contribution in [0.5, 0.6) is 0 Å². The van der Waals surface area contributed by atoms with Gasteiger partial charge in [-0.25, -0.2) is 4.79 Å². The molecular weight excluding hydrogens is 364 g/mol. The van der Waals surface area contributed by atoms with Crippen molar-refractivity contribution in [3.8, 4) is 0 Å². The summed E-state index contributed by atoms with van der Waals surface area (Å²) < 4.78 is 11.4. The maximum absolute atomic E-state index is 11.5. The Bertz CT molecular complexity index is 584. The summed E-state index contributed by atoms with van der Waals surface area (Å²) >= 11 is 0. The quantitative estimate of drug-likeness (QED) is 0.293. The molecule has 1 aliphatic heterocycles. The Morgan fingerprint density at radius 2 is 1.62 bits per heavy atom. The topological polar surface area (TPSA) is 55.8 Å². The minimum Gasteiger partial charge on any atom is -0.456 e. The van der Waals surface area contributed by atoms with E-state index in [4.69, 9.17) is 9.47 Å². The molecule has 1 heterocycles. The van der Waals surface area contributed by atoms with Gasteiger partial charge >= 0.3 is 5.97 Å². The van der Waals surface area contributed by atoms with Gasteiger partial charge in [-0.05, 0) is 12.0 Å². The van der Waals surface area contributed by atoms with E-state index in [0.29, 0.717) is 13.0 Å². The average molecular weight is 403 g/mol. The highest BCUT2D eigenvalue weighted by molar-refractivity contribution is 5.82. The molecule has 3 atom stereocenters. The van der Waals surface area contributed by atoms with Crippen LogP contribution in [0.25, 0.3) is 0 Å². The van der Waals surface area contributed by atoms with Crippen molar-refractivity contribution in [1.82, 2.24) is 0 Å². The number of carbonyl (C=O) groups is 1. The van der Waals surface area contributed by atoms with Crippen molar-refractivity contribution < 1.29 is 19.4 Å². The number of unbranched alkanes of at least 4 members (excludes halogenated alkanes) is 9. The first-order valence-electron chi connectivity index (χ1n) is 11.4. The summed E-state index contributed by atoms with van der Waals surface area (Å²) in [6.45, 7) is 2.85. The first-order valence-corrected chi connectivity index (χ1v) is 11.4. The highest BCUT2D eigenvalue weighted by atomic mass is 16.6. The molecule has 0 unspecified atom stereocenters. The van der Waals surface area contributed by atoms with Crippen molar-refractivity contribution in [1.29, 1.82) is 0 Å². The Hall–Kier alpha value is -1.65. The first-order chi connectivity index (χ1) is 14.2. The molecule has 0 aromatic heterocycles. The Morgan fingerprint density at radius 1 is 1.00 bits per heavy atom. The van der Waals surface area contributed by atoms with E-state index in [2.05, 4.69) is 6.92 Å². The van der Waals surface area contributed by atoms with Gasteiger partial charge in [-0.2, -0.15) is 0 Å². The third-order valence-corrected chi connectivity index (χ3v) is 5.50. The van der Waals surface area contributed by atoms with E-state index in [1.165, 1.54) is 57.4 Å². The van der Waals surface area contributed by atoms with Crippen molar-refractivity contribution in [3.63, 3.8) is 0 Å². The maximum Gasteiger partial charge on any atom is 0.330 e. The monoisotopic (exact) mass is 402 g/mol. The lowest BCUT2D eigenvalue weighted by Gasteiger charge is -2.30. The Morgan fingerprint density at radius 3 is 2.24 bits per heavy atom. The number of cyclic esters (lactones) is 1. The summed E-state index contributed by atoms with van der Waals surface area (Å²) in [7, 11) is 0. The zero-order valence-electron chi connectivity index (χ0n) is 17.9. The Balaban J connectivity index is 1.70. The molecule has 2 rings (SSSR count). The second-order valence-electron chi connectivity index (χ2n) is 7.99. The SMILES string of the molecule is CCCCCCCCCCCCO[C@H](c1ccccc1)[C@@H](O)[C@H]1CC=CC(=O)O1. The van der Waals surface area contributed by atoms with E-state index >= 15 is 0 Å². The summed E-state index contributed by atoms with van der Waals surface area (Å²) in [5.74, 6) is -0.401. The van der Waals surface area contributed by atoms with Crippen molar-refractivity contribution in [2.24, 2.45) is 0 Å². The van der Waals surface area contributed by atoms with Crippen LogP contribution in [0.1, 0.15) is 89.2 Å². The van der Waals surface area contributed by atoms with Crippen molar-refractivity contribution in [2.75, 3.05) is 6.61 Å². The summed E-state index contributed by atoms with van der Waals surface area (Å²) in [5.41, 5.74) is 0.915. The molecule has 0 bridgehead atoms. The summed E-state index contributed by atoms with van der Waals surface area (Å²) in [4.78, 5) is 11.5. The molecule has 162 valence electrons. The van der Waals surface area contributed by atoms with E-state index in [9.17, 15) is 9.90 Å². The van der Waals surface area contributed by atoms with Gasteiger partial charge in [-0.15, -0.1) is 0 Å². The third kappa shape index (κ3) is 9.14. The van der Waals surface area contributed by atoms with Gasteiger partial charge in [-0.1, -0.05) is 101 Å². The number of ether oxygens (including phenoxy) is 2. The van der Waals surface area contributed by atoms with Crippen LogP contribution in [-0.2, 0) is 14.3 Å². The second-order valence-corrected chi connectivity index (χ2v) is 7.99. The summed E-state index contributed by atoms with van der Waals surface area (Å²) in [6.07, 6.45) is 14.5. The van der Waals surface area contributed by atoms with Crippen molar-refractivity contribution in [3.05, 3.63) is 48.0 Å². The van der Waals surface area contributed by atoms with Crippen LogP contribution in [0, 0.1) is 0 Å². The highest BCUT2D eigenvalue weighted by Gasteiger charge is 2.32. The van der Waals surface area contributed by atoms with Gasteiger partial charge in [0.15, 0.2) is 0 Å². The number of carbonyl (C=O) groups excluding carboxylic acids is 1.